The summed E-state index contributed by atoms with van der Waals surface area (Å²) in [6.45, 7) is 4.32. The van der Waals surface area contributed by atoms with Gasteiger partial charge in [0, 0.05) is 13.2 Å². The standard InChI is InChI=1S/C22H30N4O4S/c1-14-8-4-6-10-17(14)23-21(29)25-19(27)13-31-22-24-18-11-7-5-9-16(18)20(28)26(22)15(2)12-30-3/h5,7,9,11,14-15,17H,4,6,8,10,12-13H2,1-3H3,(H2,23,25,27,29)/t14-,15-,17+/m0/s1. The van der Waals surface area contributed by atoms with Gasteiger partial charge in [0.2, 0.25) is 5.91 Å². The smallest absolute Gasteiger partial charge is 0.321 e. The molecule has 3 rings (SSSR count). The van der Waals surface area contributed by atoms with Gasteiger partial charge in [0.25, 0.3) is 5.56 Å². The number of ether oxygens (including phenoxy) is 1. The van der Waals surface area contributed by atoms with Gasteiger partial charge in [-0.3, -0.25) is 19.5 Å². The summed E-state index contributed by atoms with van der Waals surface area (Å²) in [5.74, 6) is -0.0558. The van der Waals surface area contributed by atoms with Crippen molar-refractivity contribution in [2.24, 2.45) is 5.92 Å². The molecule has 2 N–H and O–H groups in total. The number of fused-ring (bicyclic) bond motifs is 1. The molecule has 1 aromatic heterocycles. The monoisotopic (exact) mass is 446 g/mol. The maximum absolute atomic E-state index is 13.0. The number of hydrogen-bond acceptors (Lipinski definition) is 6. The lowest BCUT2D eigenvalue weighted by molar-refractivity contribution is -0.117. The maximum Gasteiger partial charge on any atom is 0.321 e. The van der Waals surface area contributed by atoms with Gasteiger partial charge < -0.3 is 10.1 Å². The number of urea groups is 1. The molecule has 9 heteroatoms. The number of rotatable bonds is 7. The van der Waals surface area contributed by atoms with Crippen molar-refractivity contribution in [1.82, 2.24) is 20.2 Å². The molecule has 0 spiro atoms. The highest BCUT2D eigenvalue weighted by atomic mass is 32.2. The summed E-state index contributed by atoms with van der Waals surface area (Å²) in [6.07, 6.45) is 4.28. The van der Waals surface area contributed by atoms with E-state index in [0.717, 1.165) is 31.0 Å². The third-order valence-corrected chi connectivity index (χ3v) is 6.59. The first-order valence-corrected chi connectivity index (χ1v) is 11.6. The van der Waals surface area contributed by atoms with Crippen LogP contribution in [-0.4, -0.2) is 47.0 Å². The highest BCUT2D eigenvalue weighted by molar-refractivity contribution is 7.99. The van der Waals surface area contributed by atoms with Crippen molar-refractivity contribution >= 4 is 34.6 Å². The van der Waals surface area contributed by atoms with E-state index in [2.05, 4.69) is 22.5 Å². The fraction of sp³-hybridized carbons (Fsp3) is 0.545. The zero-order chi connectivity index (χ0) is 22.4. The summed E-state index contributed by atoms with van der Waals surface area (Å²) in [5, 5.41) is 6.24. The number of nitrogens with one attached hydrogen (secondary N) is 2. The zero-order valence-corrected chi connectivity index (χ0v) is 19.0. The highest BCUT2D eigenvalue weighted by Gasteiger charge is 2.24. The number of methoxy groups -OCH3 is 1. The lowest BCUT2D eigenvalue weighted by Crippen LogP contribution is -2.48. The number of hydrogen-bond donors (Lipinski definition) is 2. The minimum Gasteiger partial charge on any atom is -0.383 e. The summed E-state index contributed by atoms with van der Waals surface area (Å²) in [6, 6.07) is 6.48. The van der Waals surface area contributed by atoms with Crippen molar-refractivity contribution in [2.75, 3.05) is 19.5 Å². The van der Waals surface area contributed by atoms with Crippen LogP contribution in [0.4, 0.5) is 4.79 Å². The van der Waals surface area contributed by atoms with Crippen LogP contribution in [-0.2, 0) is 9.53 Å². The molecule has 1 saturated carbocycles. The lowest BCUT2D eigenvalue weighted by Gasteiger charge is -2.29. The van der Waals surface area contributed by atoms with E-state index in [0.29, 0.717) is 28.6 Å². The number of amides is 3. The van der Waals surface area contributed by atoms with Crippen LogP contribution >= 0.6 is 11.8 Å². The summed E-state index contributed by atoms with van der Waals surface area (Å²) >= 11 is 1.13. The molecule has 0 radical (unpaired) electrons. The second kappa shape index (κ2) is 10.8. The SMILES string of the molecule is COC[C@H](C)n1c(SCC(=O)NC(=O)N[C@@H]2CCCC[C@@H]2C)nc2ccccc2c1=O. The van der Waals surface area contributed by atoms with Crippen LogP contribution in [0, 0.1) is 5.92 Å². The van der Waals surface area contributed by atoms with Crippen molar-refractivity contribution in [3.05, 3.63) is 34.6 Å². The molecule has 0 aliphatic heterocycles. The molecular weight excluding hydrogens is 416 g/mol. The Labute approximate surface area is 186 Å². The van der Waals surface area contributed by atoms with Gasteiger partial charge in [-0.2, -0.15) is 0 Å². The van der Waals surface area contributed by atoms with Crippen molar-refractivity contribution in [3.8, 4) is 0 Å². The van der Waals surface area contributed by atoms with Crippen molar-refractivity contribution in [1.29, 1.82) is 0 Å². The molecule has 1 aliphatic carbocycles. The molecule has 1 aliphatic rings. The van der Waals surface area contributed by atoms with Crippen LogP contribution in [0.3, 0.4) is 0 Å². The molecular formula is C22H30N4O4S. The summed E-state index contributed by atoms with van der Waals surface area (Å²) in [7, 11) is 1.57. The first kappa shape index (κ1) is 23.3. The number of thioether (sulfide) groups is 1. The van der Waals surface area contributed by atoms with E-state index in [-0.39, 0.29) is 23.4 Å². The van der Waals surface area contributed by atoms with E-state index in [1.54, 1.807) is 29.9 Å². The maximum atomic E-state index is 13.0. The second-order valence-corrected chi connectivity index (χ2v) is 9.01. The van der Waals surface area contributed by atoms with E-state index in [1.807, 2.05) is 13.0 Å². The average Bonchev–Trinajstić information content (AvgIpc) is 2.74. The largest absolute Gasteiger partial charge is 0.383 e. The van der Waals surface area contributed by atoms with Crippen LogP contribution in [0.25, 0.3) is 10.9 Å². The van der Waals surface area contributed by atoms with E-state index in [4.69, 9.17) is 4.74 Å². The molecule has 0 saturated heterocycles. The normalized spacial score (nSPS) is 19.7. The van der Waals surface area contributed by atoms with E-state index in [9.17, 15) is 14.4 Å². The molecule has 1 heterocycles. The Balaban J connectivity index is 1.69. The zero-order valence-electron chi connectivity index (χ0n) is 18.2. The first-order valence-electron chi connectivity index (χ1n) is 10.6. The van der Waals surface area contributed by atoms with Gasteiger partial charge in [0.05, 0.1) is 29.3 Å². The summed E-state index contributed by atoms with van der Waals surface area (Å²) < 4.78 is 6.76. The fourth-order valence-electron chi connectivity index (χ4n) is 3.96. The molecule has 168 valence electrons. The number of carbonyl (C=O) groups is 2. The van der Waals surface area contributed by atoms with Crippen molar-refractivity contribution in [2.45, 2.75) is 56.8 Å². The molecule has 0 bridgehead atoms. The minimum atomic E-state index is -0.471. The topological polar surface area (TPSA) is 102 Å². The third-order valence-electron chi connectivity index (χ3n) is 5.64. The van der Waals surface area contributed by atoms with Gasteiger partial charge in [-0.25, -0.2) is 9.78 Å². The Morgan fingerprint density at radius 3 is 2.77 bits per heavy atom. The molecule has 0 unspecified atom stereocenters. The van der Waals surface area contributed by atoms with Gasteiger partial charge >= 0.3 is 6.03 Å². The number of nitrogens with zero attached hydrogens (tertiary/aromatic N) is 2. The van der Waals surface area contributed by atoms with Crippen LogP contribution in [0.5, 0.6) is 0 Å². The summed E-state index contributed by atoms with van der Waals surface area (Å²) in [4.78, 5) is 42.2. The minimum absolute atomic E-state index is 0.0296. The quantitative estimate of drug-likeness (QED) is 0.501. The van der Waals surface area contributed by atoms with Gasteiger partial charge in [-0.15, -0.1) is 0 Å². The Kier molecular flexibility index (Phi) is 8.09. The molecule has 3 atom stereocenters. The molecule has 1 fully saturated rings. The number of aromatic nitrogens is 2. The molecule has 1 aromatic carbocycles. The van der Waals surface area contributed by atoms with Crippen LogP contribution in [0.2, 0.25) is 0 Å². The van der Waals surface area contributed by atoms with Crippen LogP contribution in [0.15, 0.2) is 34.2 Å². The Morgan fingerprint density at radius 2 is 2.03 bits per heavy atom. The van der Waals surface area contributed by atoms with Gasteiger partial charge in [0.1, 0.15) is 0 Å². The van der Waals surface area contributed by atoms with Crippen LogP contribution in [0.1, 0.15) is 45.6 Å². The number of imide groups is 1. The lowest BCUT2D eigenvalue weighted by atomic mass is 9.86. The van der Waals surface area contributed by atoms with Crippen LogP contribution < -0.4 is 16.2 Å². The van der Waals surface area contributed by atoms with Gasteiger partial charge in [-0.1, -0.05) is 43.7 Å². The van der Waals surface area contributed by atoms with Crippen molar-refractivity contribution < 1.29 is 14.3 Å². The van der Waals surface area contributed by atoms with Crippen molar-refractivity contribution in [3.63, 3.8) is 0 Å². The van der Waals surface area contributed by atoms with E-state index >= 15 is 0 Å². The number of carbonyl (C=O) groups excluding carboxylic acids is 2. The third kappa shape index (κ3) is 5.86. The van der Waals surface area contributed by atoms with Gasteiger partial charge in [0.15, 0.2) is 5.16 Å². The highest BCUT2D eigenvalue weighted by Crippen LogP contribution is 2.24. The molecule has 31 heavy (non-hydrogen) atoms. The summed E-state index contributed by atoms with van der Waals surface area (Å²) in [5.41, 5.74) is 0.391. The Hall–Kier alpha value is -2.39. The molecule has 2 aromatic rings. The number of para-hydroxylation sites is 1. The fourth-order valence-corrected chi connectivity index (χ4v) is 4.86. The average molecular weight is 447 g/mol. The Bertz CT molecular complexity index is 993. The molecule has 3 amide bonds. The predicted octanol–water partition coefficient (Wildman–Crippen LogP) is 3.10. The predicted molar refractivity (Wildman–Crippen MR) is 121 cm³/mol. The van der Waals surface area contributed by atoms with Gasteiger partial charge in [-0.05, 0) is 37.8 Å². The second-order valence-electron chi connectivity index (χ2n) is 8.07. The Morgan fingerprint density at radius 1 is 1.29 bits per heavy atom. The van der Waals surface area contributed by atoms with E-state index < -0.39 is 11.9 Å². The number of benzene rings is 1. The first-order chi connectivity index (χ1) is 14.9. The van der Waals surface area contributed by atoms with E-state index in [1.165, 1.54) is 6.42 Å². The molecule has 8 nitrogen and oxygen atoms in total.